The number of aromatic nitrogens is 2. The fraction of sp³-hybridized carbons (Fsp3) is 0.571. The van der Waals surface area contributed by atoms with Gasteiger partial charge in [-0.2, -0.15) is 0 Å². The first-order valence-electron chi connectivity index (χ1n) is 4.05. The maximum absolute atomic E-state index is 11.1. The topological polar surface area (TPSA) is 66.9 Å². The molecule has 0 aliphatic rings. The summed E-state index contributed by atoms with van der Waals surface area (Å²) in [7, 11) is 0. The van der Waals surface area contributed by atoms with E-state index in [0.717, 1.165) is 5.69 Å². The molecule has 0 spiro atoms. The fourth-order valence-electron chi connectivity index (χ4n) is 0.843. The molecule has 1 unspecified atom stereocenters. The van der Waals surface area contributed by atoms with Crippen LogP contribution in [0.4, 0.5) is 4.79 Å². The zero-order valence-corrected chi connectivity index (χ0v) is 8.39. The van der Waals surface area contributed by atoms with Crippen LogP contribution in [0.3, 0.4) is 0 Å². The van der Waals surface area contributed by atoms with Gasteiger partial charge >= 0.3 is 6.03 Å². The Labute approximate surface area is 80.7 Å². The molecule has 0 radical (unpaired) electrons. The minimum Gasteiger partial charge on any atom is -0.338 e. The van der Waals surface area contributed by atoms with E-state index in [4.69, 9.17) is 0 Å². The van der Waals surface area contributed by atoms with Gasteiger partial charge in [-0.25, -0.2) is 4.79 Å². The Bertz CT molecular complexity index is 261. The lowest BCUT2D eigenvalue weighted by Crippen LogP contribution is -2.36. The third-order valence-electron chi connectivity index (χ3n) is 1.51. The standard InChI is InChI=1S/C7H12N4OS/c1-3-8-7(12)9-5(2)6-4-13-11-10-6/h4-5H,3H2,1-2H3,(H2,8,9,12). The van der Waals surface area contributed by atoms with Crippen molar-refractivity contribution in [3.63, 3.8) is 0 Å². The van der Waals surface area contributed by atoms with Crippen molar-refractivity contribution in [1.29, 1.82) is 0 Å². The molecular formula is C7H12N4OS. The van der Waals surface area contributed by atoms with Crippen molar-refractivity contribution in [3.05, 3.63) is 11.1 Å². The summed E-state index contributed by atoms with van der Waals surface area (Å²) in [6, 6.07) is -0.270. The highest BCUT2D eigenvalue weighted by atomic mass is 32.1. The highest BCUT2D eigenvalue weighted by Crippen LogP contribution is 2.08. The van der Waals surface area contributed by atoms with E-state index in [-0.39, 0.29) is 12.1 Å². The molecule has 0 saturated carbocycles. The zero-order chi connectivity index (χ0) is 9.68. The number of hydrogen-bond donors (Lipinski definition) is 2. The third kappa shape index (κ3) is 2.98. The Morgan fingerprint density at radius 1 is 1.77 bits per heavy atom. The molecule has 1 heterocycles. The first-order valence-corrected chi connectivity index (χ1v) is 4.89. The first-order chi connectivity index (χ1) is 6.24. The smallest absolute Gasteiger partial charge is 0.315 e. The van der Waals surface area contributed by atoms with Crippen LogP contribution in [0.25, 0.3) is 0 Å². The molecule has 1 atom stereocenters. The molecule has 5 nitrogen and oxygen atoms in total. The second kappa shape index (κ2) is 4.76. The molecule has 0 bridgehead atoms. The predicted molar refractivity (Wildman–Crippen MR) is 50.5 cm³/mol. The molecule has 0 fully saturated rings. The van der Waals surface area contributed by atoms with E-state index in [1.54, 1.807) is 0 Å². The van der Waals surface area contributed by atoms with Crippen molar-refractivity contribution in [2.75, 3.05) is 6.54 Å². The molecular weight excluding hydrogens is 188 g/mol. The van der Waals surface area contributed by atoms with Gasteiger partial charge in [0.15, 0.2) is 0 Å². The second-order valence-corrected chi connectivity index (χ2v) is 3.17. The Morgan fingerprint density at radius 2 is 2.54 bits per heavy atom. The van der Waals surface area contributed by atoms with Crippen LogP contribution in [-0.2, 0) is 0 Å². The molecule has 72 valence electrons. The third-order valence-corrected chi connectivity index (χ3v) is 2.03. The fourth-order valence-corrected chi connectivity index (χ4v) is 1.39. The van der Waals surface area contributed by atoms with E-state index >= 15 is 0 Å². The molecule has 1 aromatic heterocycles. The number of nitrogens with one attached hydrogen (secondary N) is 2. The molecule has 6 heteroatoms. The van der Waals surface area contributed by atoms with Gasteiger partial charge in [-0.3, -0.25) is 0 Å². The van der Waals surface area contributed by atoms with Gasteiger partial charge in [-0.15, -0.1) is 5.10 Å². The average molecular weight is 200 g/mol. The van der Waals surface area contributed by atoms with Crippen molar-refractivity contribution < 1.29 is 4.79 Å². The lowest BCUT2D eigenvalue weighted by atomic mass is 10.3. The predicted octanol–water partition coefficient (Wildman–Crippen LogP) is 0.918. The lowest BCUT2D eigenvalue weighted by Gasteiger charge is -2.10. The van der Waals surface area contributed by atoms with Crippen molar-refractivity contribution in [1.82, 2.24) is 20.2 Å². The summed E-state index contributed by atoms with van der Waals surface area (Å²) in [6.07, 6.45) is 0. The van der Waals surface area contributed by atoms with Crippen LogP contribution in [0.5, 0.6) is 0 Å². The van der Waals surface area contributed by atoms with Gasteiger partial charge in [-0.05, 0) is 25.4 Å². The van der Waals surface area contributed by atoms with Crippen molar-refractivity contribution in [2.45, 2.75) is 19.9 Å². The summed E-state index contributed by atoms with van der Waals surface area (Å²) in [5.41, 5.74) is 0.788. The highest BCUT2D eigenvalue weighted by Gasteiger charge is 2.10. The van der Waals surface area contributed by atoms with Crippen molar-refractivity contribution in [3.8, 4) is 0 Å². The second-order valence-electron chi connectivity index (χ2n) is 2.56. The number of hydrogen-bond acceptors (Lipinski definition) is 4. The van der Waals surface area contributed by atoms with E-state index < -0.39 is 0 Å². The first kappa shape index (κ1) is 9.91. The lowest BCUT2D eigenvalue weighted by molar-refractivity contribution is 0.238. The number of nitrogens with zero attached hydrogens (tertiary/aromatic N) is 2. The van der Waals surface area contributed by atoms with Gasteiger partial charge in [0.2, 0.25) is 0 Å². The van der Waals surface area contributed by atoms with Gasteiger partial charge in [0, 0.05) is 11.9 Å². The minimum atomic E-state index is -0.178. The van der Waals surface area contributed by atoms with Crippen LogP contribution in [0, 0.1) is 0 Å². The summed E-state index contributed by atoms with van der Waals surface area (Å²) in [6.45, 7) is 4.36. The Balaban J connectivity index is 2.42. The van der Waals surface area contributed by atoms with Crippen molar-refractivity contribution >= 4 is 17.6 Å². The quantitative estimate of drug-likeness (QED) is 0.762. The Hall–Kier alpha value is -1.17. The number of carbonyl (C=O) groups excluding carboxylic acids is 1. The molecule has 0 aromatic carbocycles. The monoisotopic (exact) mass is 200 g/mol. The summed E-state index contributed by atoms with van der Waals surface area (Å²) < 4.78 is 3.72. The number of rotatable bonds is 3. The molecule has 2 N–H and O–H groups in total. The van der Waals surface area contributed by atoms with E-state index in [1.807, 2.05) is 19.2 Å². The van der Waals surface area contributed by atoms with Crippen LogP contribution in [0.1, 0.15) is 25.6 Å². The van der Waals surface area contributed by atoms with Crippen LogP contribution < -0.4 is 10.6 Å². The Morgan fingerprint density at radius 3 is 3.08 bits per heavy atom. The number of carbonyl (C=O) groups is 1. The molecule has 2 amide bonds. The largest absolute Gasteiger partial charge is 0.338 e. The summed E-state index contributed by atoms with van der Waals surface area (Å²) in [5.74, 6) is 0. The zero-order valence-electron chi connectivity index (χ0n) is 7.57. The molecule has 0 saturated heterocycles. The highest BCUT2D eigenvalue weighted by molar-refractivity contribution is 7.03. The van der Waals surface area contributed by atoms with Gasteiger partial charge in [0.05, 0.1) is 11.7 Å². The Kier molecular flexibility index (Phi) is 3.63. The molecule has 1 rings (SSSR count). The molecule has 13 heavy (non-hydrogen) atoms. The van der Waals surface area contributed by atoms with E-state index in [2.05, 4.69) is 20.2 Å². The van der Waals surface area contributed by atoms with Gasteiger partial charge < -0.3 is 10.6 Å². The van der Waals surface area contributed by atoms with E-state index in [9.17, 15) is 4.79 Å². The van der Waals surface area contributed by atoms with Gasteiger partial charge in [-0.1, -0.05) is 4.49 Å². The molecule has 0 aliphatic carbocycles. The van der Waals surface area contributed by atoms with Gasteiger partial charge in [0.1, 0.15) is 0 Å². The van der Waals surface area contributed by atoms with Crippen LogP contribution in [0.15, 0.2) is 5.38 Å². The van der Waals surface area contributed by atoms with Gasteiger partial charge in [0.25, 0.3) is 0 Å². The van der Waals surface area contributed by atoms with Crippen LogP contribution in [0.2, 0.25) is 0 Å². The van der Waals surface area contributed by atoms with Crippen LogP contribution >= 0.6 is 11.5 Å². The van der Waals surface area contributed by atoms with E-state index in [1.165, 1.54) is 11.5 Å². The van der Waals surface area contributed by atoms with Crippen molar-refractivity contribution in [2.24, 2.45) is 0 Å². The number of urea groups is 1. The summed E-state index contributed by atoms with van der Waals surface area (Å²) >= 11 is 1.28. The number of amides is 2. The SMILES string of the molecule is CCNC(=O)NC(C)c1csnn1. The van der Waals surface area contributed by atoms with E-state index in [0.29, 0.717) is 6.54 Å². The normalized spacial score (nSPS) is 12.2. The maximum atomic E-state index is 11.1. The molecule has 0 aliphatic heterocycles. The molecule has 1 aromatic rings. The summed E-state index contributed by atoms with van der Waals surface area (Å²) in [5, 5.41) is 11.1. The average Bonchev–Trinajstić information content (AvgIpc) is 2.55. The maximum Gasteiger partial charge on any atom is 0.315 e. The van der Waals surface area contributed by atoms with Crippen LogP contribution in [-0.4, -0.2) is 22.2 Å². The summed E-state index contributed by atoms with van der Waals surface area (Å²) in [4.78, 5) is 11.1. The minimum absolute atomic E-state index is 0.0923.